The van der Waals surface area contributed by atoms with E-state index in [2.05, 4.69) is 20.6 Å². The van der Waals surface area contributed by atoms with Gasteiger partial charge in [0.2, 0.25) is 11.8 Å². The number of ketones is 1. The van der Waals surface area contributed by atoms with Gasteiger partial charge in [-0.05, 0) is 37.1 Å². The number of carbonyl (C=O) groups excluding carboxylic acids is 3. The Morgan fingerprint density at radius 1 is 0.829 bits per heavy atom. The van der Waals surface area contributed by atoms with E-state index in [-0.39, 0.29) is 24.5 Å². The smallest absolute Gasteiger partial charge is 0.243 e. The topological polar surface area (TPSA) is 133 Å². The number of aromatic amines is 2. The molecule has 0 aliphatic carbocycles. The number of benzene rings is 2. The normalized spacial score (nSPS) is 13.5. The Kier molecular flexibility index (Phi) is 6.75. The van der Waals surface area contributed by atoms with Crippen molar-refractivity contribution in [2.24, 2.45) is 5.73 Å². The van der Waals surface area contributed by atoms with Crippen LogP contribution in [0.3, 0.4) is 0 Å². The zero-order valence-corrected chi connectivity index (χ0v) is 20.1. The van der Waals surface area contributed by atoms with E-state index in [1.54, 1.807) is 13.8 Å². The quantitative estimate of drug-likeness (QED) is 0.256. The van der Waals surface area contributed by atoms with Crippen LogP contribution in [0.2, 0.25) is 0 Å². The Balaban J connectivity index is 1.60. The number of hydrogen-bond donors (Lipinski definition) is 5. The van der Waals surface area contributed by atoms with Crippen LogP contribution in [0.25, 0.3) is 21.8 Å². The molecule has 35 heavy (non-hydrogen) atoms. The number of carbonyl (C=O) groups is 3. The lowest BCUT2D eigenvalue weighted by Gasteiger charge is -2.27. The molecule has 4 rings (SSSR count). The van der Waals surface area contributed by atoms with E-state index in [4.69, 9.17) is 5.73 Å². The molecule has 0 saturated carbocycles. The summed E-state index contributed by atoms with van der Waals surface area (Å²) < 4.78 is 0. The summed E-state index contributed by atoms with van der Waals surface area (Å²) in [6, 6.07) is 13.8. The second kappa shape index (κ2) is 9.76. The van der Waals surface area contributed by atoms with Gasteiger partial charge in [0.1, 0.15) is 6.04 Å². The van der Waals surface area contributed by atoms with Gasteiger partial charge < -0.3 is 26.3 Å². The fourth-order valence-electron chi connectivity index (χ4n) is 4.43. The molecule has 2 amide bonds. The third-order valence-corrected chi connectivity index (χ3v) is 6.16. The molecule has 182 valence electrons. The Morgan fingerprint density at radius 3 is 1.80 bits per heavy atom. The molecule has 8 nitrogen and oxygen atoms in total. The van der Waals surface area contributed by atoms with Gasteiger partial charge in [-0.2, -0.15) is 0 Å². The van der Waals surface area contributed by atoms with Crippen LogP contribution in [-0.4, -0.2) is 45.2 Å². The third-order valence-electron chi connectivity index (χ3n) is 6.16. The van der Waals surface area contributed by atoms with Gasteiger partial charge in [-0.3, -0.25) is 14.4 Å². The molecule has 0 aliphatic heterocycles. The van der Waals surface area contributed by atoms with Gasteiger partial charge in [0.25, 0.3) is 0 Å². The highest BCUT2D eigenvalue weighted by molar-refractivity contribution is 5.97. The van der Waals surface area contributed by atoms with Crippen molar-refractivity contribution < 1.29 is 14.4 Å². The molecule has 0 bridgehead atoms. The first-order valence-electron chi connectivity index (χ1n) is 11.6. The van der Waals surface area contributed by atoms with Crippen molar-refractivity contribution in [2.75, 3.05) is 0 Å². The van der Waals surface area contributed by atoms with Crippen LogP contribution in [0, 0.1) is 0 Å². The molecule has 2 aromatic heterocycles. The molecule has 4 aromatic rings. The zero-order valence-electron chi connectivity index (χ0n) is 20.1. The molecule has 8 heteroatoms. The number of H-pyrrole nitrogens is 2. The van der Waals surface area contributed by atoms with Crippen LogP contribution in [0.1, 0.15) is 31.9 Å². The largest absolute Gasteiger partial charge is 0.361 e. The molecule has 2 atom stereocenters. The lowest BCUT2D eigenvalue weighted by molar-refractivity contribution is -0.132. The highest BCUT2D eigenvalue weighted by atomic mass is 16.2. The maximum Gasteiger partial charge on any atom is 0.243 e. The maximum atomic E-state index is 13.4. The second-order valence-corrected chi connectivity index (χ2v) is 9.53. The summed E-state index contributed by atoms with van der Waals surface area (Å²) in [5.41, 5.74) is 8.68. The van der Waals surface area contributed by atoms with Crippen molar-refractivity contribution in [2.45, 2.75) is 51.2 Å². The van der Waals surface area contributed by atoms with Crippen molar-refractivity contribution in [1.29, 1.82) is 0 Å². The van der Waals surface area contributed by atoms with Crippen molar-refractivity contribution in [1.82, 2.24) is 20.6 Å². The van der Waals surface area contributed by atoms with Crippen LogP contribution < -0.4 is 16.4 Å². The number of Topliss-reactive ketones (excluding diaryl/α,β-unsaturated/α-hetero) is 1. The number of para-hydroxylation sites is 2. The SMILES string of the molecule is CC(=O)NC(Cc1c[nH]c2ccccc12)C(=O)NC(Cc1c[nH]c2ccccc12)C(=O)C(C)(C)N. The number of amides is 2. The van der Waals surface area contributed by atoms with Crippen molar-refractivity contribution in [3.63, 3.8) is 0 Å². The molecule has 2 unspecified atom stereocenters. The summed E-state index contributed by atoms with van der Waals surface area (Å²) in [5.74, 6) is -1.05. The van der Waals surface area contributed by atoms with Gasteiger partial charge in [-0.15, -0.1) is 0 Å². The molecule has 0 spiro atoms. The fourth-order valence-corrected chi connectivity index (χ4v) is 4.43. The van der Waals surface area contributed by atoms with E-state index in [0.717, 1.165) is 32.9 Å². The van der Waals surface area contributed by atoms with Crippen LogP contribution in [0.4, 0.5) is 0 Å². The Morgan fingerprint density at radius 2 is 1.31 bits per heavy atom. The Labute approximate surface area is 203 Å². The summed E-state index contributed by atoms with van der Waals surface area (Å²) in [4.78, 5) is 45.0. The number of hydrogen-bond acceptors (Lipinski definition) is 4. The number of fused-ring (bicyclic) bond motifs is 2. The molecular weight excluding hydrogens is 442 g/mol. The average Bonchev–Trinajstić information content (AvgIpc) is 3.41. The van der Waals surface area contributed by atoms with E-state index >= 15 is 0 Å². The number of nitrogens with one attached hydrogen (secondary N) is 4. The minimum absolute atomic E-state index is 0.273. The molecule has 0 radical (unpaired) electrons. The van der Waals surface area contributed by atoms with Gasteiger partial charge in [-0.25, -0.2) is 0 Å². The predicted octanol–water partition coefficient (Wildman–Crippen LogP) is 2.73. The number of aromatic nitrogens is 2. The molecule has 0 fully saturated rings. The summed E-state index contributed by atoms with van der Waals surface area (Å²) >= 11 is 0. The molecular formula is C27H31N5O3. The summed E-state index contributed by atoms with van der Waals surface area (Å²) in [6.07, 6.45) is 4.23. The summed E-state index contributed by atoms with van der Waals surface area (Å²) in [6.45, 7) is 4.62. The van der Waals surface area contributed by atoms with Gasteiger partial charge in [0.15, 0.2) is 5.78 Å². The molecule has 0 saturated heterocycles. The van der Waals surface area contributed by atoms with Gasteiger partial charge in [0, 0.05) is 54.0 Å². The third kappa shape index (κ3) is 5.44. The van der Waals surface area contributed by atoms with Crippen molar-refractivity contribution >= 4 is 39.4 Å². The zero-order chi connectivity index (χ0) is 25.2. The van der Waals surface area contributed by atoms with Gasteiger partial charge >= 0.3 is 0 Å². The van der Waals surface area contributed by atoms with Crippen molar-refractivity contribution in [3.8, 4) is 0 Å². The highest BCUT2D eigenvalue weighted by Gasteiger charge is 2.34. The number of nitrogens with two attached hydrogens (primary N) is 1. The van der Waals surface area contributed by atoms with Crippen LogP contribution in [0.15, 0.2) is 60.9 Å². The monoisotopic (exact) mass is 473 g/mol. The number of rotatable bonds is 9. The second-order valence-electron chi connectivity index (χ2n) is 9.53. The van der Waals surface area contributed by atoms with E-state index in [1.165, 1.54) is 6.92 Å². The van der Waals surface area contributed by atoms with Crippen LogP contribution in [-0.2, 0) is 27.2 Å². The highest BCUT2D eigenvalue weighted by Crippen LogP contribution is 2.22. The van der Waals surface area contributed by atoms with Crippen molar-refractivity contribution in [3.05, 3.63) is 72.1 Å². The first-order chi connectivity index (χ1) is 16.6. The fraction of sp³-hybridized carbons (Fsp3) is 0.296. The van der Waals surface area contributed by atoms with E-state index < -0.39 is 23.5 Å². The summed E-state index contributed by atoms with van der Waals surface area (Å²) in [7, 11) is 0. The minimum atomic E-state index is -1.15. The van der Waals surface area contributed by atoms with Gasteiger partial charge in [0.05, 0.1) is 11.6 Å². The first-order valence-corrected chi connectivity index (χ1v) is 11.6. The molecule has 6 N–H and O–H groups in total. The molecule has 2 aromatic carbocycles. The average molecular weight is 474 g/mol. The first kappa shape index (κ1) is 24.2. The molecule has 2 heterocycles. The van der Waals surface area contributed by atoms with Crippen LogP contribution in [0.5, 0.6) is 0 Å². The minimum Gasteiger partial charge on any atom is -0.361 e. The lowest BCUT2D eigenvalue weighted by Crippen LogP contribution is -2.58. The lowest BCUT2D eigenvalue weighted by atomic mass is 9.90. The van der Waals surface area contributed by atoms with Gasteiger partial charge in [-0.1, -0.05) is 36.4 Å². The van der Waals surface area contributed by atoms with E-state index in [9.17, 15) is 14.4 Å². The maximum absolute atomic E-state index is 13.4. The van der Waals surface area contributed by atoms with E-state index in [0.29, 0.717) is 0 Å². The summed E-state index contributed by atoms with van der Waals surface area (Å²) in [5, 5.41) is 7.58. The predicted molar refractivity (Wildman–Crippen MR) is 137 cm³/mol. The molecule has 0 aliphatic rings. The Bertz CT molecular complexity index is 1380. The van der Waals surface area contributed by atoms with Crippen LogP contribution >= 0.6 is 0 Å². The Hall–Kier alpha value is -3.91. The standard InChI is InChI=1S/C27H31N5O3/c1-16(33)31-24(13-18-15-30-22-11-7-5-9-20(18)22)26(35)32-23(25(34)27(2,3)28)12-17-14-29-21-10-6-4-8-19(17)21/h4-11,14-15,23-24,29-30H,12-13,28H2,1-3H3,(H,31,33)(H,32,35). The van der Waals surface area contributed by atoms with E-state index in [1.807, 2.05) is 60.9 Å².